The maximum Gasteiger partial charge on any atom is 0.314 e. The third-order valence-electron chi connectivity index (χ3n) is 3.78. The van der Waals surface area contributed by atoms with E-state index in [-0.39, 0.29) is 11.8 Å². The molecule has 0 spiro atoms. The third kappa shape index (κ3) is 5.91. The number of nitrogens with one attached hydrogen (secondary N) is 2. The molecule has 6 heteroatoms. The SMILES string of the molecule is COc1ccc(CCNC(=O)NCCc2ccc(O)cc2)cc1OC. The number of methoxy groups -OCH3 is 2. The Balaban J connectivity index is 1.69. The van der Waals surface area contributed by atoms with E-state index in [2.05, 4.69) is 10.6 Å². The molecule has 0 saturated heterocycles. The molecule has 0 unspecified atom stereocenters. The van der Waals surface area contributed by atoms with Crippen LogP contribution >= 0.6 is 0 Å². The van der Waals surface area contributed by atoms with Crippen LogP contribution in [-0.4, -0.2) is 38.4 Å². The standard InChI is InChI=1S/C19H24N2O4/c1-24-17-8-5-15(13-18(17)25-2)10-12-21-19(23)20-11-9-14-3-6-16(22)7-4-14/h3-8,13,22H,9-12H2,1-2H3,(H2,20,21,23). The summed E-state index contributed by atoms with van der Waals surface area (Å²) < 4.78 is 10.5. The van der Waals surface area contributed by atoms with Crippen molar-refractivity contribution in [3.8, 4) is 17.2 Å². The normalized spacial score (nSPS) is 10.2. The molecule has 0 fully saturated rings. The smallest absolute Gasteiger partial charge is 0.314 e. The summed E-state index contributed by atoms with van der Waals surface area (Å²) in [6.45, 7) is 1.06. The molecule has 0 aromatic heterocycles. The number of urea groups is 1. The van der Waals surface area contributed by atoms with Crippen molar-refractivity contribution in [2.75, 3.05) is 27.3 Å². The first-order valence-electron chi connectivity index (χ1n) is 8.13. The van der Waals surface area contributed by atoms with E-state index in [0.29, 0.717) is 37.4 Å². The van der Waals surface area contributed by atoms with Gasteiger partial charge >= 0.3 is 6.03 Å². The predicted octanol–water partition coefficient (Wildman–Crippen LogP) is 2.49. The number of hydrogen-bond acceptors (Lipinski definition) is 4. The van der Waals surface area contributed by atoms with Crippen molar-refractivity contribution in [3.63, 3.8) is 0 Å². The second-order valence-corrected chi connectivity index (χ2v) is 5.54. The Morgan fingerprint density at radius 1 is 0.880 bits per heavy atom. The molecule has 0 saturated carbocycles. The maximum atomic E-state index is 11.8. The Hall–Kier alpha value is -2.89. The maximum absolute atomic E-state index is 11.8. The van der Waals surface area contributed by atoms with Crippen molar-refractivity contribution >= 4 is 6.03 Å². The zero-order chi connectivity index (χ0) is 18.1. The highest BCUT2D eigenvalue weighted by Gasteiger charge is 2.05. The Morgan fingerprint density at radius 3 is 2.04 bits per heavy atom. The van der Waals surface area contributed by atoms with Gasteiger partial charge in [-0.1, -0.05) is 18.2 Å². The summed E-state index contributed by atoms with van der Waals surface area (Å²) in [6, 6.07) is 12.5. The van der Waals surface area contributed by atoms with Crippen LogP contribution in [0.4, 0.5) is 4.79 Å². The van der Waals surface area contributed by atoms with Gasteiger partial charge in [0.05, 0.1) is 14.2 Å². The Kier molecular flexibility index (Phi) is 6.95. The van der Waals surface area contributed by atoms with E-state index >= 15 is 0 Å². The van der Waals surface area contributed by atoms with Crippen LogP contribution in [0.1, 0.15) is 11.1 Å². The van der Waals surface area contributed by atoms with Crippen molar-refractivity contribution in [2.24, 2.45) is 0 Å². The second-order valence-electron chi connectivity index (χ2n) is 5.54. The van der Waals surface area contributed by atoms with Crippen molar-refractivity contribution in [3.05, 3.63) is 53.6 Å². The number of carbonyl (C=O) groups excluding carboxylic acids is 1. The number of hydrogen-bond donors (Lipinski definition) is 3. The van der Waals surface area contributed by atoms with Crippen LogP contribution < -0.4 is 20.1 Å². The molecule has 134 valence electrons. The zero-order valence-corrected chi connectivity index (χ0v) is 14.5. The summed E-state index contributed by atoms with van der Waals surface area (Å²) in [7, 11) is 3.20. The van der Waals surface area contributed by atoms with Crippen molar-refractivity contribution in [2.45, 2.75) is 12.8 Å². The number of carbonyl (C=O) groups is 1. The molecule has 0 aliphatic rings. The van der Waals surface area contributed by atoms with Crippen LogP contribution in [0, 0.1) is 0 Å². The number of phenols is 1. The van der Waals surface area contributed by atoms with Gasteiger partial charge in [-0.25, -0.2) is 4.79 Å². The first kappa shape index (κ1) is 18.4. The lowest BCUT2D eigenvalue weighted by molar-refractivity contribution is 0.241. The van der Waals surface area contributed by atoms with Gasteiger partial charge in [0.15, 0.2) is 11.5 Å². The average molecular weight is 344 g/mol. The first-order valence-corrected chi connectivity index (χ1v) is 8.13. The number of rotatable bonds is 8. The van der Waals surface area contributed by atoms with E-state index in [4.69, 9.17) is 9.47 Å². The summed E-state index contributed by atoms with van der Waals surface area (Å²) in [5.41, 5.74) is 2.12. The van der Waals surface area contributed by atoms with E-state index in [0.717, 1.165) is 11.1 Å². The van der Waals surface area contributed by atoms with Gasteiger partial charge in [0, 0.05) is 13.1 Å². The van der Waals surface area contributed by atoms with Crippen LogP contribution in [-0.2, 0) is 12.8 Å². The molecule has 0 aliphatic carbocycles. The molecule has 0 heterocycles. The fraction of sp³-hybridized carbons (Fsp3) is 0.316. The van der Waals surface area contributed by atoms with E-state index in [1.165, 1.54) is 0 Å². The lowest BCUT2D eigenvalue weighted by Gasteiger charge is -2.10. The van der Waals surface area contributed by atoms with E-state index in [1.807, 2.05) is 30.3 Å². The lowest BCUT2D eigenvalue weighted by Crippen LogP contribution is -2.37. The molecule has 3 N–H and O–H groups in total. The molecule has 2 amide bonds. The summed E-state index contributed by atoms with van der Waals surface area (Å²) in [4.78, 5) is 11.8. The largest absolute Gasteiger partial charge is 0.508 e. The third-order valence-corrected chi connectivity index (χ3v) is 3.78. The number of benzene rings is 2. The minimum atomic E-state index is -0.195. The van der Waals surface area contributed by atoms with Gasteiger partial charge in [-0.3, -0.25) is 0 Å². The monoisotopic (exact) mass is 344 g/mol. The van der Waals surface area contributed by atoms with Gasteiger partial charge in [-0.05, 0) is 48.2 Å². The summed E-state index contributed by atoms with van der Waals surface area (Å²) in [5, 5.41) is 14.9. The average Bonchev–Trinajstić information content (AvgIpc) is 2.63. The van der Waals surface area contributed by atoms with Crippen LogP contribution in [0.3, 0.4) is 0 Å². The van der Waals surface area contributed by atoms with Gasteiger partial charge in [0.1, 0.15) is 5.75 Å². The molecule has 6 nitrogen and oxygen atoms in total. The van der Waals surface area contributed by atoms with Gasteiger partial charge in [-0.15, -0.1) is 0 Å². The van der Waals surface area contributed by atoms with Crippen LogP contribution in [0.5, 0.6) is 17.2 Å². The molecule has 0 bridgehead atoms. The van der Waals surface area contributed by atoms with Crippen LogP contribution in [0.2, 0.25) is 0 Å². The number of aromatic hydroxyl groups is 1. The molecule has 0 aliphatic heterocycles. The van der Waals surface area contributed by atoms with Crippen LogP contribution in [0.15, 0.2) is 42.5 Å². The van der Waals surface area contributed by atoms with E-state index < -0.39 is 0 Å². The van der Waals surface area contributed by atoms with Gasteiger partial charge < -0.3 is 25.2 Å². The summed E-state index contributed by atoms with van der Waals surface area (Å²) >= 11 is 0. The number of ether oxygens (including phenoxy) is 2. The van der Waals surface area contributed by atoms with Gasteiger partial charge in [0.2, 0.25) is 0 Å². The molecular weight excluding hydrogens is 320 g/mol. The molecule has 2 aromatic carbocycles. The second kappa shape index (κ2) is 9.42. The molecule has 2 rings (SSSR count). The number of amides is 2. The fourth-order valence-corrected chi connectivity index (χ4v) is 2.40. The van der Waals surface area contributed by atoms with Gasteiger partial charge in [0.25, 0.3) is 0 Å². The summed E-state index contributed by atoms with van der Waals surface area (Å²) in [6.07, 6.45) is 1.41. The van der Waals surface area contributed by atoms with E-state index in [9.17, 15) is 9.90 Å². The lowest BCUT2D eigenvalue weighted by atomic mass is 10.1. The predicted molar refractivity (Wildman–Crippen MR) is 96.5 cm³/mol. The Labute approximate surface area is 147 Å². The quantitative estimate of drug-likeness (QED) is 0.687. The Morgan fingerprint density at radius 2 is 1.44 bits per heavy atom. The van der Waals surface area contributed by atoms with Crippen molar-refractivity contribution in [1.82, 2.24) is 10.6 Å². The fourth-order valence-electron chi connectivity index (χ4n) is 2.40. The zero-order valence-electron chi connectivity index (χ0n) is 14.5. The van der Waals surface area contributed by atoms with E-state index in [1.54, 1.807) is 26.4 Å². The minimum Gasteiger partial charge on any atom is -0.508 e. The summed E-state index contributed by atoms with van der Waals surface area (Å²) in [5.74, 6) is 1.61. The van der Waals surface area contributed by atoms with Gasteiger partial charge in [-0.2, -0.15) is 0 Å². The number of phenolic OH excluding ortho intramolecular Hbond substituents is 1. The van der Waals surface area contributed by atoms with Crippen molar-refractivity contribution in [1.29, 1.82) is 0 Å². The molecule has 2 aromatic rings. The Bertz CT molecular complexity index is 686. The molecule has 25 heavy (non-hydrogen) atoms. The first-order chi connectivity index (χ1) is 12.1. The minimum absolute atomic E-state index is 0.195. The molecule has 0 atom stereocenters. The van der Waals surface area contributed by atoms with Crippen LogP contribution in [0.25, 0.3) is 0 Å². The molecule has 0 radical (unpaired) electrons. The molecular formula is C19H24N2O4. The highest BCUT2D eigenvalue weighted by Crippen LogP contribution is 2.27. The van der Waals surface area contributed by atoms with Crippen molar-refractivity contribution < 1.29 is 19.4 Å². The highest BCUT2D eigenvalue weighted by molar-refractivity contribution is 5.73. The topological polar surface area (TPSA) is 79.8 Å². The highest BCUT2D eigenvalue weighted by atomic mass is 16.5.